The van der Waals surface area contributed by atoms with Gasteiger partial charge in [-0.25, -0.2) is 9.97 Å². The number of benzene rings is 3. The van der Waals surface area contributed by atoms with Gasteiger partial charge in [0.1, 0.15) is 5.82 Å². The predicted molar refractivity (Wildman–Crippen MR) is 160 cm³/mol. The molecule has 13 heteroatoms. The zero-order valence-corrected chi connectivity index (χ0v) is 23.8. The first kappa shape index (κ1) is 28.5. The van der Waals surface area contributed by atoms with Crippen molar-refractivity contribution in [2.24, 2.45) is 0 Å². The SMILES string of the molecule is COc1cc(Nc2nc(Nc3nccc4ccccc34)nc3c2ncn3Cc2ccc(C(F)(F)F)cc2)cc(OC)c1OC. The molecular weight excluding hydrogens is 575 g/mol. The minimum atomic E-state index is -4.42. The average Bonchev–Trinajstić information content (AvgIpc) is 3.43. The first-order valence-electron chi connectivity index (χ1n) is 13.3. The lowest BCUT2D eigenvalue weighted by Gasteiger charge is -2.15. The van der Waals surface area contributed by atoms with Crippen LogP contribution >= 0.6 is 0 Å². The van der Waals surface area contributed by atoms with Crippen molar-refractivity contribution in [3.05, 3.63) is 90.4 Å². The van der Waals surface area contributed by atoms with E-state index in [1.807, 2.05) is 30.3 Å². The molecule has 0 aliphatic carbocycles. The Hall–Kier alpha value is -5.59. The third-order valence-electron chi connectivity index (χ3n) is 6.93. The van der Waals surface area contributed by atoms with Gasteiger partial charge in [-0.05, 0) is 29.1 Å². The molecule has 3 aromatic carbocycles. The lowest BCUT2D eigenvalue weighted by molar-refractivity contribution is -0.137. The topological polar surface area (TPSA) is 108 Å². The highest BCUT2D eigenvalue weighted by molar-refractivity contribution is 5.93. The number of aromatic nitrogens is 5. The summed E-state index contributed by atoms with van der Waals surface area (Å²) in [5.41, 5.74) is 1.37. The fourth-order valence-corrected chi connectivity index (χ4v) is 4.81. The zero-order chi connectivity index (χ0) is 30.8. The van der Waals surface area contributed by atoms with Gasteiger partial charge in [0.05, 0.1) is 39.8 Å². The number of halogens is 3. The summed E-state index contributed by atoms with van der Waals surface area (Å²) < 4.78 is 57.5. The highest BCUT2D eigenvalue weighted by Gasteiger charge is 2.30. The van der Waals surface area contributed by atoms with Crippen molar-refractivity contribution in [1.29, 1.82) is 0 Å². The normalized spacial score (nSPS) is 11.5. The quantitative estimate of drug-likeness (QED) is 0.182. The van der Waals surface area contributed by atoms with E-state index in [1.54, 1.807) is 29.2 Å². The summed E-state index contributed by atoms with van der Waals surface area (Å²) in [6.45, 7) is 0.223. The maximum Gasteiger partial charge on any atom is 0.416 e. The maximum absolute atomic E-state index is 13.1. The Morgan fingerprint density at radius 3 is 2.20 bits per heavy atom. The van der Waals surface area contributed by atoms with Gasteiger partial charge in [0.2, 0.25) is 11.7 Å². The number of imidazole rings is 1. The molecular formula is C31H26F3N7O3. The zero-order valence-electron chi connectivity index (χ0n) is 23.8. The highest BCUT2D eigenvalue weighted by Crippen LogP contribution is 2.41. The van der Waals surface area contributed by atoms with Gasteiger partial charge in [0.25, 0.3) is 0 Å². The van der Waals surface area contributed by atoms with Crippen LogP contribution in [0.15, 0.2) is 79.3 Å². The van der Waals surface area contributed by atoms with Gasteiger partial charge in [-0.1, -0.05) is 36.4 Å². The molecule has 0 radical (unpaired) electrons. The molecule has 0 saturated heterocycles. The molecule has 0 amide bonds. The van der Waals surface area contributed by atoms with Crippen LogP contribution < -0.4 is 24.8 Å². The van der Waals surface area contributed by atoms with Crippen LogP contribution in [0.2, 0.25) is 0 Å². The Labute approximate surface area is 249 Å². The van der Waals surface area contributed by atoms with Crippen molar-refractivity contribution in [2.75, 3.05) is 32.0 Å². The number of pyridine rings is 1. The molecule has 0 saturated carbocycles. The second-order valence-electron chi connectivity index (χ2n) is 9.68. The molecule has 0 aliphatic heterocycles. The van der Waals surface area contributed by atoms with Gasteiger partial charge < -0.3 is 29.4 Å². The number of alkyl halides is 3. The number of ether oxygens (including phenoxy) is 3. The van der Waals surface area contributed by atoms with Crippen LogP contribution in [-0.4, -0.2) is 45.8 Å². The Kier molecular flexibility index (Phi) is 7.51. The maximum atomic E-state index is 13.1. The lowest BCUT2D eigenvalue weighted by Crippen LogP contribution is -2.07. The molecule has 10 nitrogen and oxygen atoms in total. The Morgan fingerprint density at radius 2 is 1.52 bits per heavy atom. The Morgan fingerprint density at radius 1 is 0.795 bits per heavy atom. The van der Waals surface area contributed by atoms with Gasteiger partial charge in [-0.2, -0.15) is 23.1 Å². The van der Waals surface area contributed by atoms with E-state index in [9.17, 15) is 13.2 Å². The molecule has 0 spiro atoms. The van der Waals surface area contributed by atoms with Crippen molar-refractivity contribution in [2.45, 2.75) is 12.7 Å². The molecule has 2 N–H and O–H groups in total. The van der Waals surface area contributed by atoms with Crippen LogP contribution in [0.25, 0.3) is 21.9 Å². The third kappa shape index (κ3) is 5.59. The van der Waals surface area contributed by atoms with Crippen LogP contribution in [-0.2, 0) is 12.7 Å². The molecule has 3 heterocycles. The number of hydrogen-bond acceptors (Lipinski definition) is 9. The standard InChI is InChI=1S/C31H26F3N7O3/c1-42-23-14-21(15-24(43-2)26(23)44-3)37-28-25-29(41(17-36-25)16-18-8-10-20(11-9-18)31(32,33)34)40-30(39-28)38-27-22-7-5-4-6-19(22)12-13-35-27/h4-15,17H,16H2,1-3H3,(H2,35,37,38,39,40). The number of rotatable bonds is 9. The highest BCUT2D eigenvalue weighted by atomic mass is 19.4. The summed E-state index contributed by atoms with van der Waals surface area (Å²) in [6, 6.07) is 18.1. The van der Waals surface area contributed by atoms with E-state index in [4.69, 9.17) is 24.2 Å². The lowest BCUT2D eigenvalue weighted by atomic mass is 10.1. The Bertz CT molecular complexity index is 1930. The van der Waals surface area contributed by atoms with Crippen molar-refractivity contribution >= 4 is 45.2 Å². The number of fused-ring (bicyclic) bond motifs is 2. The number of nitrogens with one attached hydrogen (secondary N) is 2. The molecule has 6 aromatic rings. The third-order valence-corrected chi connectivity index (χ3v) is 6.93. The molecule has 0 aliphatic rings. The monoisotopic (exact) mass is 601 g/mol. The summed E-state index contributed by atoms with van der Waals surface area (Å²) in [4.78, 5) is 18.5. The summed E-state index contributed by atoms with van der Waals surface area (Å²) in [6.07, 6.45) is -1.17. The Balaban J connectivity index is 1.44. The number of hydrogen-bond donors (Lipinski definition) is 2. The van der Waals surface area contributed by atoms with Gasteiger partial charge in [0, 0.05) is 29.4 Å². The molecule has 3 aromatic heterocycles. The van der Waals surface area contributed by atoms with Crippen LogP contribution in [0.3, 0.4) is 0 Å². The van der Waals surface area contributed by atoms with Gasteiger partial charge >= 0.3 is 6.18 Å². The fourth-order valence-electron chi connectivity index (χ4n) is 4.81. The first-order valence-corrected chi connectivity index (χ1v) is 13.3. The smallest absolute Gasteiger partial charge is 0.416 e. The molecule has 0 bridgehead atoms. The molecule has 224 valence electrons. The summed E-state index contributed by atoms with van der Waals surface area (Å²) in [5.74, 6) is 2.44. The van der Waals surface area contributed by atoms with E-state index in [-0.39, 0.29) is 12.5 Å². The van der Waals surface area contributed by atoms with E-state index in [0.717, 1.165) is 22.9 Å². The van der Waals surface area contributed by atoms with E-state index in [0.29, 0.717) is 51.3 Å². The minimum absolute atomic E-state index is 0.223. The predicted octanol–water partition coefficient (Wildman–Crippen LogP) is 6.95. The summed E-state index contributed by atoms with van der Waals surface area (Å²) >= 11 is 0. The van der Waals surface area contributed by atoms with Crippen molar-refractivity contribution < 1.29 is 27.4 Å². The molecule has 44 heavy (non-hydrogen) atoms. The van der Waals surface area contributed by atoms with E-state index in [1.165, 1.54) is 33.5 Å². The van der Waals surface area contributed by atoms with Gasteiger partial charge in [-0.3, -0.25) is 0 Å². The van der Waals surface area contributed by atoms with Crippen molar-refractivity contribution in [3.63, 3.8) is 0 Å². The van der Waals surface area contributed by atoms with Crippen molar-refractivity contribution in [1.82, 2.24) is 24.5 Å². The average molecular weight is 602 g/mol. The molecule has 0 atom stereocenters. The van der Waals surface area contributed by atoms with Crippen LogP contribution in [0.1, 0.15) is 11.1 Å². The van der Waals surface area contributed by atoms with Crippen LogP contribution in [0.5, 0.6) is 17.2 Å². The first-order chi connectivity index (χ1) is 21.3. The largest absolute Gasteiger partial charge is 0.493 e. The second kappa shape index (κ2) is 11.6. The number of anilines is 4. The number of methoxy groups -OCH3 is 3. The molecule has 0 unspecified atom stereocenters. The fraction of sp³-hybridized carbons (Fsp3) is 0.161. The van der Waals surface area contributed by atoms with Gasteiger partial charge in [0.15, 0.2) is 28.5 Å². The van der Waals surface area contributed by atoms with Gasteiger partial charge in [-0.15, -0.1) is 0 Å². The minimum Gasteiger partial charge on any atom is -0.493 e. The molecule has 6 rings (SSSR count). The second-order valence-corrected chi connectivity index (χ2v) is 9.68. The number of nitrogens with zero attached hydrogens (tertiary/aromatic N) is 5. The molecule has 0 fully saturated rings. The van der Waals surface area contributed by atoms with E-state index >= 15 is 0 Å². The van der Waals surface area contributed by atoms with E-state index < -0.39 is 11.7 Å². The van der Waals surface area contributed by atoms with E-state index in [2.05, 4.69) is 20.6 Å². The van der Waals surface area contributed by atoms with Crippen LogP contribution in [0, 0.1) is 0 Å². The van der Waals surface area contributed by atoms with Crippen molar-refractivity contribution in [3.8, 4) is 17.2 Å². The summed E-state index contributed by atoms with van der Waals surface area (Å²) in [5, 5.41) is 8.36. The summed E-state index contributed by atoms with van der Waals surface area (Å²) in [7, 11) is 4.56. The van der Waals surface area contributed by atoms with Crippen LogP contribution in [0.4, 0.5) is 36.4 Å².